The van der Waals surface area contributed by atoms with Gasteiger partial charge in [0, 0.05) is 37.1 Å². The molecule has 4 atom stereocenters. The molecule has 2 aromatic rings. The molecule has 1 spiro atoms. The number of likely N-dealkylation sites (tertiary alicyclic amines) is 1. The molecule has 4 heterocycles. The van der Waals surface area contributed by atoms with Gasteiger partial charge in [-0.1, -0.05) is 13.8 Å². The molecule has 1 aromatic carbocycles. The molecule has 0 bridgehead atoms. The molecule has 2 saturated heterocycles. The fourth-order valence-corrected chi connectivity index (χ4v) is 5.85. The minimum Gasteiger partial charge on any atom is -0.477 e. The van der Waals surface area contributed by atoms with Crippen molar-refractivity contribution in [2.24, 2.45) is 17.8 Å². The fourth-order valence-electron chi connectivity index (χ4n) is 5.85. The summed E-state index contributed by atoms with van der Waals surface area (Å²) in [6, 6.07) is 2.82. The third-order valence-electron chi connectivity index (χ3n) is 7.36. The Balaban J connectivity index is 1.92. The van der Waals surface area contributed by atoms with Crippen LogP contribution in [-0.2, 0) is 26.5 Å². The second-order valence-corrected chi connectivity index (χ2v) is 9.26. The van der Waals surface area contributed by atoms with Crippen molar-refractivity contribution in [3.63, 3.8) is 0 Å². The number of imide groups is 1. The Morgan fingerprint density at radius 1 is 1.18 bits per heavy atom. The van der Waals surface area contributed by atoms with E-state index in [4.69, 9.17) is 0 Å². The molecular formula is C23H24N4O6. The van der Waals surface area contributed by atoms with Gasteiger partial charge in [0.1, 0.15) is 11.1 Å². The van der Waals surface area contributed by atoms with E-state index >= 15 is 0 Å². The number of aryl methyl sites for hydroxylation is 1. The molecule has 3 aliphatic rings. The predicted octanol–water partition coefficient (Wildman–Crippen LogP) is 0.726. The van der Waals surface area contributed by atoms with E-state index < -0.39 is 52.2 Å². The van der Waals surface area contributed by atoms with Crippen molar-refractivity contribution in [3.8, 4) is 0 Å². The first-order chi connectivity index (χ1) is 15.6. The molecule has 2 fully saturated rings. The molecule has 0 saturated carbocycles. The molecule has 10 nitrogen and oxygen atoms in total. The van der Waals surface area contributed by atoms with Crippen molar-refractivity contribution < 1.29 is 24.3 Å². The molecule has 3 N–H and O–H groups in total. The van der Waals surface area contributed by atoms with E-state index in [1.165, 1.54) is 13.2 Å². The fraction of sp³-hybridized carbons (Fsp3) is 0.435. The Bertz CT molecular complexity index is 1340. The van der Waals surface area contributed by atoms with E-state index in [0.717, 1.165) is 4.90 Å². The lowest BCUT2D eigenvalue weighted by Gasteiger charge is -2.30. The van der Waals surface area contributed by atoms with Crippen molar-refractivity contribution in [1.29, 1.82) is 0 Å². The van der Waals surface area contributed by atoms with Crippen LogP contribution in [0.3, 0.4) is 0 Å². The first kappa shape index (κ1) is 21.3. The number of hydrogen-bond donors (Lipinski definition) is 3. The van der Waals surface area contributed by atoms with Crippen molar-refractivity contribution in [2.75, 3.05) is 12.4 Å². The number of carbonyl (C=O) groups excluding carboxylic acids is 3. The zero-order valence-corrected chi connectivity index (χ0v) is 18.6. The van der Waals surface area contributed by atoms with E-state index in [-0.39, 0.29) is 22.8 Å². The minimum atomic E-state index is -1.66. The summed E-state index contributed by atoms with van der Waals surface area (Å²) in [5.41, 5.74) is -1.78. The summed E-state index contributed by atoms with van der Waals surface area (Å²) >= 11 is 0. The number of carbonyl (C=O) groups is 4. The van der Waals surface area contributed by atoms with Crippen LogP contribution in [0.5, 0.6) is 0 Å². The Labute approximate surface area is 188 Å². The molecule has 5 rings (SSSR count). The van der Waals surface area contributed by atoms with Gasteiger partial charge in [0.25, 0.3) is 0 Å². The van der Waals surface area contributed by atoms with E-state index in [1.807, 2.05) is 20.8 Å². The smallest absolute Gasteiger partial charge is 0.341 e. The Kier molecular flexibility index (Phi) is 4.35. The number of hydrogen-bond acceptors (Lipinski definition) is 6. The van der Waals surface area contributed by atoms with Gasteiger partial charge in [-0.05, 0) is 25.0 Å². The van der Waals surface area contributed by atoms with Crippen molar-refractivity contribution in [2.45, 2.75) is 38.9 Å². The summed E-state index contributed by atoms with van der Waals surface area (Å²) < 4.78 is 1.64. The van der Waals surface area contributed by atoms with Gasteiger partial charge in [0.05, 0.1) is 22.7 Å². The number of aromatic carboxylic acids is 1. The molecule has 0 aliphatic carbocycles. The highest BCUT2D eigenvalue weighted by Crippen LogP contribution is 2.55. The average molecular weight is 452 g/mol. The first-order valence-electron chi connectivity index (χ1n) is 10.9. The van der Waals surface area contributed by atoms with E-state index in [1.54, 1.807) is 16.7 Å². The van der Waals surface area contributed by atoms with Crippen LogP contribution in [0.1, 0.15) is 36.7 Å². The topological polar surface area (TPSA) is 138 Å². The van der Waals surface area contributed by atoms with Crippen molar-refractivity contribution in [1.82, 2.24) is 14.8 Å². The van der Waals surface area contributed by atoms with E-state index in [2.05, 4.69) is 10.6 Å². The maximum absolute atomic E-state index is 13.6. The van der Waals surface area contributed by atoms with Gasteiger partial charge in [-0.3, -0.25) is 29.4 Å². The van der Waals surface area contributed by atoms with E-state index in [9.17, 15) is 29.1 Å². The zero-order valence-electron chi connectivity index (χ0n) is 18.6. The average Bonchev–Trinajstić information content (AvgIpc) is 3.35. The number of carboxylic acids is 1. The molecule has 10 heteroatoms. The number of carboxylic acid groups (broad SMARTS) is 1. The molecule has 33 heavy (non-hydrogen) atoms. The molecular weight excluding hydrogens is 428 g/mol. The van der Waals surface area contributed by atoms with Gasteiger partial charge in [-0.25, -0.2) is 4.79 Å². The maximum atomic E-state index is 13.6. The highest BCUT2D eigenvalue weighted by molar-refractivity contribution is 6.17. The summed E-state index contributed by atoms with van der Waals surface area (Å²) in [4.78, 5) is 66.3. The molecule has 172 valence electrons. The van der Waals surface area contributed by atoms with Crippen LogP contribution in [-0.4, -0.2) is 51.4 Å². The molecule has 3 aliphatic heterocycles. The Morgan fingerprint density at radius 2 is 1.88 bits per heavy atom. The third kappa shape index (κ3) is 2.44. The largest absolute Gasteiger partial charge is 0.477 e. The lowest BCUT2D eigenvalue weighted by Crippen LogP contribution is -2.54. The van der Waals surface area contributed by atoms with Gasteiger partial charge in [0.15, 0.2) is 0 Å². The second kappa shape index (κ2) is 6.74. The van der Waals surface area contributed by atoms with E-state index in [0.29, 0.717) is 17.7 Å². The zero-order chi connectivity index (χ0) is 24.0. The molecule has 3 amide bonds. The van der Waals surface area contributed by atoms with Gasteiger partial charge < -0.3 is 15.0 Å². The standard InChI is InChI=1S/C23H24N4O6/c1-5-27-8-10(21(31)32)18(28)13-12(27)7-6-11-15(13)23(22(33)24-11)16-14(17(25-23)9(2)3)19(29)26(4)20(16)30/h6-9,14,16-17,25H,5H2,1-4H3,(H,24,33)(H,31,32). The number of aromatic nitrogens is 1. The van der Waals surface area contributed by atoms with Crippen LogP contribution < -0.4 is 16.1 Å². The second-order valence-electron chi connectivity index (χ2n) is 9.26. The van der Waals surface area contributed by atoms with Crippen molar-refractivity contribution >= 4 is 40.3 Å². The summed E-state index contributed by atoms with van der Waals surface area (Å²) in [6.07, 6.45) is 1.29. The number of fused-ring (bicyclic) bond motifs is 6. The maximum Gasteiger partial charge on any atom is 0.341 e. The van der Waals surface area contributed by atoms with Crippen LogP contribution in [0.2, 0.25) is 0 Å². The van der Waals surface area contributed by atoms with Crippen LogP contribution >= 0.6 is 0 Å². The van der Waals surface area contributed by atoms with Gasteiger partial charge in [-0.15, -0.1) is 0 Å². The van der Waals surface area contributed by atoms with Crippen LogP contribution in [0, 0.1) is 17.8 Å². The summed E-state index contributed by atoms with van der Waals surface area (Å²) in [6.45, 7) is 5.99. The van der Waals surface area contributed by atoms with Gasteiger partial charge in [-0.2, -0.15) is 0 Å². The van der Waals surface area contributed by atoms with Gasteiger partial charge >= 0.3 is 5.97 Å². The molecule has 1 aromatic heterocycles. The molecule has 4 unspecified atom stereocenters. The van der Waals surface area contributed by atoms with Crippen molar-refractivity contribution in [3.05, 3.63) is 39.7 Å². The predicted molar refractivity (Wildman–Crippen MR) is 118 cm³/mol. The first-order valence-corrected chi connectivity index (χ1v) is 10.9. The lowest BCUT2D eigenvalue weighted by atomic mass is 9.74. The number of rotatable bonds is 3. The number of nitrogens with one attached hydrogen (secondary N) is 2. The minimum absolute atomic E-state index is 0.0676. The number of nitrogens with zero attached hydrogens (tertiary/aromatic N) is 2. The monoisotopic (exact) mass is 452 g/mol. The molecule has 0 radical (unpaired) electrons. The summed E-state index contributed by atoms with van der Waals surface area (Å²) in [5.74, 6) is -4.67. The third-order valence-corrected chi connectivity index (χ3v) is 7.36. The van der Waals surface area contributed by atoms with Crippen LogP contribution in [0.4, 0.5) is 5.69 Å². The normalized spacial score (nSPS) is 28.2. The van der Waals surface area contributed by atoms with Crippen LogP contribution in [0.15, 0.2) is 23.1 Å². The number of pyridine rings is 1. The summed E-state index contributed by atoms with van der Waals surface area (Å²) in [5, 5.41) is 15.8. The number of amides is 3. The lowest BCUT2D eigenvalue weighted by molar-refractivity contribution is -0.141. The highest BCUT2D eigenvalue weighted by atomic mass is 16.4. The summed E-state index contributed by atoms with van der Waals surface area (Å²) in [7, 11) is 1.40. The Morgan fingerprint density at radius 3 is 2.48 bits per heavy atom. The number of anilines is 1. The SMILES string of the molecule is CCn1cc(C(=O)O)c(=O)c2c3c(ccc21)NC(=O)C31NC(C(C)C)C2C(=O)N(C)C(=O)C21. The Hall–Kier alpha value is -3.53. The van der Waals surface area contributed by atoms with Gasteiger partial charge in [0.2, 0.25) is 23.2 Å². The highest BCUT2D eigenvalue weighted by Gasteiger charge is 2.70. The van der Waals surface area contributed by atoms with Crippen LogP contribution in [0.25, 0.3) is 10.9 Å². The quantitative estimate of drug-likeness (QED) is 0.584. The number of benzene rings is 1.